The number of ether oxygens (including phenoxy) is 1. The average molecular weight is 396 g/mol. The fourth-order valence-corrected chi connectivity index (χ4v) is 2.94. The lowest BCUT2D eigenvalue weighted by Gasteiger charge is -2.23. The van der Waals surface area contributed by atoms with Crippen LogP contribution in [0.25, 0.3) is 0 Å². The van der Waals surface area contributed by atoms with Crippen LogP contribution in [0, 0.1) is 5.92 Å². The smallest absolute Gasteiger partial charge is 0.416 e. The standard InChI is InChI=1S/C20H23F3N2OS/c1-13(2)11-18(14-7-9-17(26-3)10-8-14)25-19(27)24-16-6-4-5-15(12-16)20(21,22)23/h4-10,12-13,18H,11H2,1-3H3,(H2,24,25,27)/t18-/m1/s1. The summed E-state index contributed by atoms with van der Waals surface area (Å²) in [4.78, 5) is 0. The molecule has 3 nitrogen and oxygen atoms in total. The van der Waals surface area contributed by atoms with E-state index < -0.39 is 11.7 Å². The highest BCUT2D eigenvalue weighted by atomic mass is 32.1. The van der Waals surface area contributed by atoms with Gasteiger partial charge in [0.2, 0.25) is 0 Å². The summed E-state index contributed by atoms with van der Waals surface area (Å²) in [7, 11) is 1.60. The highest BCUT2D eigenvalue weighted by molar-refractivity contribution is 7.80. The molecule has 0 amide bonds. The number of alkyl halides is 3. The number of benzene rings is 2. The maximum atomic E-state index is 12.9. The SMILES string of the molecule is COc1ccc([C@@H](CC(C)C)NC(=S)Nc2cccc(C(F)(F)F)c2)cc1. The largest absolute Gasteiger partial charge is 0.497 e. The van der Waals surface area contributed by atoms with Gasteiger partial charge in [0.05, 0.1) is 18.7 Å². The van der Waals surface area contributed by atoms with Crippen molar-refractivity contribution >= 4 is 23.0 Å². The molecule has 0 aromatic heterocycles. The van der Waals surface area contributed by atoms with E-state index in [0.717, 1.165) is 29.9 Å². The van der Waals surface area contributed by atoms with Crippen LogP contribution in [0.15, 0.2) is 48.5 Å². The molecule has 2 aromatic rings. The Morgan fingerprint density at radius 2 is 1.78 bits per heavy atom. The van der Waals surface area contributed by atoms with Crippen LogP contribution in [0.1, 0.15) is 37.4 Å². The molecule has 1 atom stereocenters. The number of hydrogen-bond acceptors (Lipinski definition) is 2. The summed E-state index contributed by atoms with van der Waals surface area (Å²) in [5.74, 6) is 1.16. The lowest BCUT2D eigenvalue weighted by molar-refractivity contribution is -0.137. The van der Waals surface area contributed by atoms with E-state index in [1.54, 1.807) is 13.2 Å². The second kappa shape index (κ2) is 9.08. The minimum Gasteiger partial charge on any atom is -0.497 e. The third-order valence-electron chi connectivity index (χ3n) is 3.98. The Hall–Kier alpha value is -2.28. The molecule has 146 valence electrons. The fourth-order valence-electron chi connectivity index (χ4n) is 2.68. The predicted octanol–water partition coefficient (Wildman–Crippen LogP) is 5.79. The van der Waals surface area contributed by atoms with Crippen molar-refractivity contribution in [3.05, 3.63) is 59.7 Å². The van der Waals surface area contributed by atoms with Crippen molar-refractivity contribution in [2.24, 2.45) is 5.92 Å². The first-order chi connectivity index (χ1) is 12.7. The Balaban J connectivity index is 2.11. The molecule has 7 heteroatoms. The number of halogens is 3. The van der Waals surface area contributed by atoms with Crippen molar-refractivity contribution in [1.29, 1.82) is 0 Å². The minimum absolute atomic E-state index is 0.0679. The molecule has 0 aliphatic rings. The molecule has 0 aliphatic carbocycles. The van der Waals surface area contributed by atoms with Gasteiger partial charge < -0.3 is 15.4 Å². The summed E-state index contributed by atoms with van der Waals surface area (Å²) in [5, 5.41) is 6.33. The van der Waals surface area contributed by atoms with Crippen molar-refractivity contribution in [2.75, 3.05) is 12.4 Å². The highest BCUT2D eigenvalue weighted by Gasteiger charge is 2.30. The maximum Gasteiger partial charge on any atom is 0.416 e. The Bertz CT molecular complexity index is 761. The van der Waals surface area contributed by atoms with E-state index in [0.29, 0.717) is 11.6 Å². The highest BCUT2D eigenvalue weighted by Crippen LogP contribution is 2.30. The number of anilines is 1. The quantitative estimate of drug-likeness (QED) is 0.606. The lowest BCUT2D eigenvalue weighted by atomic mass is 9.97. The van der Waals surface area contributed by atoms with Gasteiger partial charge in [-0.05, 0) is 60.5 Å². The second-order valence-electron chi connectivity index (χ2n) is 6.63. The van der Waals surface area contributed by atoms with Crippen molar-refractivity contribution in [3.8, 4) is 5.75 Å². The number of methoxy groups -OCH3 is 1. The van der Waals surface area contributed by atoms with Crippen LogP contribution in [0.4, 0.5) is 18.9 Å². The van der Waals surface area contributed by atoms with Gasteiger partial charge in [-0.3, -0.25) is 0 Å². The van der Waals surface area contributed by atoms with E-state index in [9.17, 15) is 13.2 Å². The zero-order valence-electron chi connectivity index (χ0n) is 15.4. The molecule has 0 aliphatic heterocycles. The summed E-state index contributed by atoms with van der Waals surface area (Å²) < 4.78 is 43.7. The van der Waals surface area contributed by atoms with Crippen LogP contribution in [0.2, 0.25) is 0 Å². The summed E-state index contributed by atoms with van der Waals surface area (Å²) in [6, 6.07) is 12.5. The van der Waals surface area contributed by atoms with E-state index in [-0.39, 0.29) is 11.2 Å². The summed E-state index contributed by atoms with van der Waals surface area (Å²) in [6.07, 6.45) is -3.58. The molecule has 0 heterocycles. The summed E-state index contributed by atoms with van der Waals surface area (Å²) in [6.45, 7) is 4.20. The lowest BCUT2D eigenvalue weighted by Crippen LogP contribution is -2.33. The molecular formula is C20H23F3N2OS. The van der Waals surface area contributed by atoms with Gasteiger partial charge in [-0.2, -0.15) is 13.2 Å². The van der Waals surface area contributed by atoms with Gasteiger partial charge in [-0.25, -0.2) is 0 Å². The molecule has 0 unspecified atom stereocenters. The van der Waals surface area contributed by atoms with Crippen LogP contribution in [-0.2, 0) is 6.18 Å². The van der Waals surface area contributed by atoms with Gasteiger partial charge in [0.1, 0.15) is 5.75 Å². The van der Waals surface area contributed by atoms with Crippen molar-refractivity contribution in [1.82, 2.24) is 5.32 Å². The van der Waals surface area contributed by atoms with Gasteiger partial charge in [-0.1, -0.05) is 32.0 Å². The zero-order chi connectivity index (χ0) is 20.0. The van der Waals surface area contributed by atoms with E-state index in [4.69, 9.17) is 17.0 Å². The van der Waals surface area contributed by atoms with Crippen LogP contribution >= 0.6 is 12.2 Å². The molecule has 0 fully saturated rings. The van der Waals surface area contributed by atoms with Crippen molar-refractivity contribution in [3.63, 3.8) is 0 Å². The molecule has 0 saturated carbocycles. The van der Waals surface area contributed by atoms with Gasteiger partial charge >= 0.3 is 6.18 Å². The molecule has 2 aromatic carbocycles. The fraction of sp³-hybridized carbons (Fsp3) is 0.350. The first-order valence-corrected chi connectivity index (χ1v) is 8.98. The van der Waals surface area contributed by atoms with E-state index >= 15 is 0 Å². The van der Waals surface area contributed by atoms with E-state index in [2.05, 4.69) is 24.5 Å². The maximum absolute atomic E-state index is 12.9. The second-order valence-corrected chi connectivity index (χ2v) is 7.04. The number of nitrogens with one attached hydrogen (secondary N) is 2. The van der Waals surface area contributed by atoms with Gasteiger partial charge in [0, 0.05) is 5.69 Å². The topological polar surface area (TPSA) is 33.3 Å². The van der Waals surface area contributed by atoms with Gasteiger partial charge in [-0.15, -0.1) is 0 Å². The molecule has 0 radical (unpaired) electrons. The number of rotatable bonds is 6. The normalized spacial score (nSPS) is 12.6. The zero-order valence-corrected chi connectivity index (χ0v) is 16.2. The van der Waals surface area contributed by atoms with Crippen LogP contribution < -0.4 is 15.4 Å². The monoisotopic (exact) mass is 396 g/mol. The third kappa shape index (κ3) is 6.43. The first kappa shape index (κ1) is 21.0. The molecule has 2 N–H and O–H groups in total. The van der Waals surface area contributed by atoms with Gasteiger partial charge in [0.25, 0.3) is 0 Å². The molecule has 0 spiro atoms. The summed E-state index contributed by atoms with van der Waals surface area (Å²) >= 11 is 5.32. The Morgan fingerprint density at radius 1 is 1.11 bits per heavy atom. The average Bonchev–Trinajstić information content (AvgIpc) is 2.60. The van der Waals surface area contributed by atoms with Gasteiger partial charge in [0.15, 0.2) is 5.11 Å². The van der Waals surface area contributed by atoms with Crippen LogP contribution in [0.3, 0.4) is 0 Å². The number of hydrogen-bond donors (Lipinski definition) is 2. The Morgan fingerprint density at radius 3 is 2.33 bits per heavy atom. The first-order valence-electron chi connectivity index (χ1n) is 8.57. The van der Waals surface area contributed by atoms with Crippen molar-refractivity contribution in [2.45, 2.75) is 32.5 Å². The van der Waals surface area contributed by atoms with E-state index in [1.165, 1.54) is 6.07 Å². The van der Waals surface area contributed by atoms with E-state index in [1.807, 2.05) is 24.3 Å². The van der Waals surface area contributed by atoms with Crippen molar-refractivity contribution < 1.29 is 17.9 Å². The Labute approximate surface area is 162 Å². The third-order valence-corrected chi connectivity index (χ3v) is 4.20. The molecule has 0 saturated heterocycles. The number of thiocarbonyl (C=S) groups is 1. The predicted molar refractivity (Wildman–Crippen MR) is 106 cm³/mol. The molecule has 27 heavy (non-hydrogen) atoms. The van der Waals surface area contributed by atoms with Crippen LogP contribution in [0.5, 0.6) is 5.75 Å². The Kier molecular flexibility index (Phi) is 7.07. The minimum atomic E-state index is -4.39. The molecule has 0 bridgehead atoms. The van der Waals surface area contributed by atoms with Crippen LogP contribution in [-0.4, -0.2) is 12.2 Å². The summed E-state index contributed by atoms with van der Waals surface area (Å²) in [5.41, 5.74) is 0.599. The molecule has 2 rings (SSSR count). The molecular weight excluding hydrogens is 373 g/mol.